The molecule has 0 saturated carbocycles. The zero-order chi connectivity index (χ0) is 10.9. The Morgan fingerprint density at radius 3 is 1.71 bits per heavy atom. The maximum absolute atomic E-state index is 10.0. The molecule has 0 aromatic heterocycles. The summed E-state index contributed by atoms with van der Waals surface area (Å²) in [6.45, 7) is -0.250. The molecular weight excluding hydrogens is 274 g/mol. The van der Waals surface area contributed by atoms with E-state index in [0.717, 1.165) is 7.11 Å². The van der Waals surface area contributed by atoms with E-state index >= 15 is 0 Å². The molecule has 0 bridgehead atoms. The Balaban J connectivity index is -0.000000209. The van der Waals surface area contributed by atoms with Crippen molar-refractivity contribution in [3.05, 3.63) is 0 Å². The summed E-state index contributed by atoms with van der Waals surface area (Å²) in [5.74, 6) is 0. The third-order valence-corrected chi connectivity index (χ3v) is 2.10. The number of hydrogen-bond donors (Lipinski definition) is 4. The largest absolute Gasteiger partial charge is 0.708 e. The normalized spacial score (nSPS) is 10.8. The fraction of sp³-hybridized carbons (Fsp3) is 1.00. The second-order valence-electron chi connectivity index (χ2n) is 1.43. The van der Waals surface area contributed by atoms with E-state index in [-0.39, 0.29) is 34.9 Å². The maximum Gasteiger partial charge on any atom is 0.708 e. The molecule has 0 rings (SSSR count). The van der Waals surface area contributed by atoms with Crippen LogP contribution in [0.3, 0.4) is 0 Å². The van der Waals surface area contributed by atoms with Gasteiger partial charge >= 0.3 is 16.1 Å². The molecule has 0 aliphatic heterocycles. The van der Waals surface area contributed by atoms with Crippen molar-refractivity contribution in [2.45, 2.75) is 0 Å². The van der Waals surface area contributed by atoms with E-state index in [1.54, 1.807) is 0 Å². The first-order valence-corrected chi connectivity index (χ1v) is 5.48. The van der Waals surface area contributed by atoms with Crippen molar-refractivity contribution >= 4 is 16.1 Å². The smallest absolute Gasteiger partial charge is 0.394 e. The van der Waals surface area contributed by atoms with Gasteiger partial charge in [-0.1, -0.05) is 0 Å². The Kier molecular flexibility index (Phi) is 17.2. The minimum atomic E-state index is -4.65. The van der Waals surface area contributed by atoms with Crippen molar-refractivity contribution in [2.24, 2.45) is 0 Å². The van der Waals surface area contributed by atoms with Crippen molar-refractivity contribution in [1.29, 1.82) is 0 Å². The van der Waals surface area contributed by atoms with Crippen LogP contribution in [-0.2, 0) is 39.7 Å². The minimum Gasteiger partial charge on any atom is -0.394 e. The van der Waals surface area contributed by atoms with Gasteiger partial charge in [-0.25, -0.2) is 4.57 Å². The molecule has 8 nitrogen and oxygen atoms in total. The Morgan fingerprint density at radius 2 is 1.64 bits per heavy atom. The molecule has 14 heavy (non-hydrogen) atoms. The van der Waals surface area contributed by atoms with Crippen molar-refractivity contribution in [3.8, 4) is 0 Å². The van der Waals surface area contributed by atoms with Crippen LogP contribution in [0.1, 0.15) is 0 Å². The molecule has 0 aliphatic carbocycles. The quantitative estimate of drug-likeness (QED) is 0.396. The predicted octanol–water partition coefficient (Wildman–Crippen LogP) is -0.632. The molecule has 4 N–H and O–H groups in total. The van der Waals surface area contributed by atoms with Crippen LogP contribution >= 0.6 is 16.1 Å². The first-order valence-electron chi connectivity index (χ1n) is 2.85. The van der Waals surface area contributed by atoms with Gasteiger partial charge in [-0.05, 0) is 4.31 Å². The number of aliphatic hydroxyl groups excluding tert-OH is 2. The number of hydrogen-bond acceptors (Lipinski definition) is 6. The van der Waals surface area contributed by atoms with E-state index in [4.69, 9.17) is 20.0 Å². The maximum atomic E-state index is 10.0. The van der Waals surface area contributed by atoms with Crippen molar-refractivity contribution < 1.29 is 59.7 Å². The van der Waals surface area contributed by atoms with Gasteiger partial charge in [0.15, 0.2) is 0 Å². The molecule has 0 aliphatic rings. The number of rotatable bonds is 4. The molecule has 0 amide bonds. The van der Waals surface area contributed by atoms with Crippen LogP contribution in [0.4, 0.5) is 0 Å². The van der Waals surface area contributed by atoms with Crippen LogP contribution in [0.5, 0.6) is 0 Å². The third-order valence-electron chi connectivity index (χ3n) is 0.422. The standard InChI is InChI=1S/C2H6O2.CH4O6P2.Ti/c3-1-2-4;1-6-8(2)7-9(3,4)5;/h3-4H,1-2H2;1H3,(H-,3,4,5);/p+1. The summed E-state index contributed by atoms with van der Waals surface area (Å²) in [7, 11) is -6.32. The molecule has 0 radical (unpaired) electrons. The summed E-state index contributed by atoms with van der Waals surface area (Å²) in [4.78, 5) is 15.9. The summed E-state index contributed by atoms with van der Waals surface area (Å²) in [6, 6.07) is 0. The molecule has 0 fully saturated rings. The molecule has 0 spiro atoms. The molecule has 1 atom stereocenters. The number of phosphoric acid groups is 1. The van der Waals surface area contributed by atoms with E-state index in [1.807, 2.05) is 0 Å². The van der Waals surface area contributed by atoms with Crippen LogP contribution in [0.15, 0.2) is 0 Å². The van der Waals surface area contributed by atoms with Crippen LogP contribution in [-0.4, -0.2) is 40.3 Å². The average Bonchev–Trinajstić information content (AvgIpc) is 2.02. The van der Waals surface area contributed by atoms with Gasteiger partial charge in [0.1, 0.15) is 0 Å². The first-order chi connectivity index (χ1) is 5.87. The van der Waals surface area contributed by atoms with Gasteiger partial charge in [-0.15, -0.1) is 4.52 Å². The molecule has 0 saturated heterocycles. The van der Waals surface area contributed by atoms with Crippen LogP contribution < -0.4 is 0 Å². The zero-order valence-electron chi connectivity index (χ0n) is 7.23. The zero-order valence-corrected chi connectivity index (χ0v) is 10.6. The van der Waals surface area contributed by atoms with E-state index in [2.05, 4.69) is 8.83 Å². The summed E-state index contributed by atoms with van der Waals surface area (Å²) in [6.07, 6.45) is 0. The summed E-state index contributed by atoms with van der Waals surface area (Å²) in [5.41, 5.74) is 0. The van der Waals surface area contributed by atoms with Crippen molar-refractivity contribution in [1.82, 2.24) is 0 Å². The Bertz CT molecular complexity index is 177. The van der Waals surface area contributed by atoms with Crippen LogP contribution in [0.2, 0.25) is 0 Å². The number of aliphatic hydroxyl groups is 2. The Hall–Kier alpha value is 0.804. The first kappa shape index (κ1) is 20.2. The van der Waals surface area contributed by atoms with Gasteiger partial charge in [-0.2, -0.15) is 0 Å². The molecule has 0 heterocycles. The summed E-state index contributed by atoms with van der Waals surface area (Å²) >= 11 is 0. The van der Waals surface area contributed by atoms with E-state index in [0.29, 0.717) is 0 Å². The van der Waals surface area contributed by atoms with Crippen LogP contribution in [0, 0.1) is 0 Å². The Labute approximate surface area is 96.3 Å². The van der Waals surface area contributed by atoms with E-state index < -0.39 is 16.1 Å². The molecular formula is C3H11O8P2Ti+. The second kappa shape index (κ2) is 11.9. The second-order valence-corrected chi connectivity index (χ2v) is 3.87. The minimum absolute atomic E-state index is 0. The van der Waals surface area contributed by atoms with Gasteiger partial charge in [-0.3, -0.25) is 0 Å². The Morgan fingerprint density at radius 1 is 1.29 bits per heavy atom. The van der Waals surface area contributed by atoms with Gasteiger partial charge in [0.25, 0.3) is 0 Å². The SMILES string of the molecule is CO[P+](=O)OP(=O)(O)O.OCCO.[Ti]. The van der Waals surface area contributed by atoms with E-state index in [9.17, 15) is 9.13 Å². The molecule has 11 heteroatoms. The third kappa shape index (κ3) is 23.0. The molecule has 0 aromatic rings. The molecule has 84 valence electrons. The van der Waals surface area contributed by atoms with Crippen molar-refractivity contribution in [2.75, 3.05) is 20.3 Å². The van der Waals surface area contributed by atoms with Gasteiger partial charge in [0.2, 0.25) is 0 Å². The predicted molar refractivity (Wildman–Crippen MR) is 41.9 cm³/mol. The molecule has 0 aromatic carbocycles. The van der Waals surface area contributed by atoms with Gasteiger partial charge < -0.3 is 20.0 Å². The summed E-state index contributed by atoms with van der Waals surface area (Å²) in [5, 5.41) is 15.2. The van der Waals surface area contributed by atoms with E-state index in [1.165, 1.54) is 0 Å². The fourth-order valence-corrected chi connectivity index (χ4v) is 1.08. The summed E-state index contributed by atoms with van der Waals surface area (Å²) < 4.78 is 27.3. The monoisotopic (exact) mass is 285 g/mol. The van der Waals surface area contributed by atoms with Gasteiger partial charge in [0.05, 0.1) is 20.3 Å². The average molecular weight is 285 g/mol. The van der Waals surface area contributed by atoms with Gasteiger partial charge in [0, 0.05) is 26.3 Å². The molecule has 1 unspecified atom stereocenters. The topological polar surface area (TPSA) is 134 Å². The van der Waals surface area contributed by atoms with Crippen LogP contribution in [0.25, 0.3) is 0 Å². The fourth-order valence-electron chi connectivity index (χ4n) is 0.120. The van der Waals surface area contributed by atoms with Crippen molar-refractivity contribution in [3.63, 3.8) is 0 Å².